The molecule has 0 aliphatic carbocycles. The van der Waals surface area contributed by atoms with Gasteiger partial charge in [0.1, 0.15) is 5.75 Å². The number of fused-ring (bicyclic) bond motifs is 1. The lowest BCUT2D eigenvalue weighted by molar-refractivity contribution is 0.0952. The number of nitrogens with one attached hydrogen (secondary N) is 1. The summed E-state index contributed by atoms with van der Waals surface area (Å²) >= 11 is 0. The van der Waals surface area contributed by atoms with Gasteiger partial charge in [-0.3, -0.25) is 4.79 Å². The quantitative estimate of drug-likeness (QED) is 0.799. The van der Waals surface area contributed by atoms with E-state index in [1.165, 1.54) is 0 Å². The van der Waals surface area contributed by atoms with Crippen LogP contribution in [0.25, 0.3) is 0 Å². The second-order valence-corrected chi connectivity index (χ2v) is 3.58. The van der Waals surface area contributed by atoms with E-state index in [-0.39, 0.29) is 5.91 Å². The molecule has 2 rings (SSSR count). The van der Waals surface area contributed by atoms with E-state index >= 15 is 0 Å². The van der Waals surface area contributed by atoms with Gasteiger partial charge in [0.25, 0.3) is 5.91 Å². The van der Waals surface area contributed by atoms with Crippen molar-refractivity contribution in [1.82, 2.24) is 5.32 Å². The van der Waals surface area contributed by atoms with Crippen LogP contribution < -0.4 is 10.1 Å². The predicted octanol–water partition coefficient (Wildman–Crippen LogP) is 1.76. The van der Waals surface area contributed by atoms with Crippen LogP contribution in [0.2, 0.25) is 0 Å². The van der Waals surface area contributed by atoms with Gasteiger partial charge in [0, 0.05) is 6.54 Å². The Morgan fingerprint density at radius 3 is 3.13 bits per heavy atom. The average Bonchev–Trinajstić information content (AvgIpc) is 2.42. The third kappa shape index (κ3) is 1.96. The Morgan fingerprint density at radius 1 is 1.47 bits per heavy atom. The van der Waals surface area contributed by atoms with E-state index in [2.05, 4.69) is 5.32 Å². The molecule has 0 unspecified atom stereocenters. The number of hydrogen-bond donors (Lipinski definition) is 1. The molecule has 1 N–H and O–H groups in total. The maximum Gasteiger partial charge on any atom is 0.255 e. The summed E-state index contributed by atoms with van der Waals surface area (Å²) in [5.74, 6) is 0.695. The van der Waals surface area contributed by atoms with Gasteiger partial charge in [-0.25, -0.2) is 0 Å². The second-order valence-electron chi connectivity index (χ2n) is 3.58. The van der Waals surface area contributed by atoms with E-state index in [0.29, 0.717) is 12.4 Å². The van der Waals surface area contributed by atoms with Crippen LogP contribution >= 0.6 is 0 Å². The van der Waals surface area contributed by atoms with Gasteiger partial charge in [0.15, 0.2) is 0 Å². The fourth-order valence-electron chi connectivity index (χ4n) is 1.89. The first-order chi connectivity index (χ1) is 7.33. The summed E-state index contributed by atoms with van der Waals surface area (Å²) in [5, 5.41) is 2.88. The topological polar surface area (TPSA) is 38.3 Å². The lowest BCUT2D eigenvalue weighted by Crippen LogP contribution is -2.23. The van der Waals surface area contributed by atoms with Crippen molar-refractivity contribution in [3.05, 3.63) is 29.3 Å². The number of rotatable bonds is 2. The molecule has 80 valence electrons. The van der Waals surface area contributed by atoms with Crippen LogP contribution in [0, 0.1) is 0 Å². The molecule has 15 heavy (non-hydrogen) atoms. The van der Waals surface area contributed by atoms with Crippen molar-refractivity contribution in [1.29, 1.82) is 0 Å². The predicted molar refractivity (Wildman–Crippen MR) is 58.3 cm³/mol. The standard InChI is InChI=1S/C12H15NO2/c1-2-15-10-7-3-5-9-6-4-8-13-12(14)11(9)10/h3,5,7H,2,4,6,8H2,1H3,(H,13,14). The van der Waals surface area contributed by atoms with Gasteiger partial charge in [-0.05, 0) is 31.4 Å². The van der Waals surface area contributed by atoms with Crippen molar-refractivity contribution in [2.75, 3.05) is 13.2 Å². The number of benzene rings is 1. The molecular formula is C12H15NO2. The summed E-state index contributed by atoms with van der Waals surface area (Å²) in [6.45, 7) is 3.26. The summed E-state index contributed by atoms with van der Waals surface area (Å²) in [4.78, 5) is 11.8. The molecule has 1 amide bonds. The number of aryl methyl sites for hydroxylation is 1. The maximum absolute atomic E-state index is 11.8. The monoisotopic (exact) mass is 205 g/mol. The van der Waals surface area contributed by atoms with Crippen LogP contribution in [0.4, 0.5) is 0 Å². The van der Waals surface area contributed by atoms with Crippen molar-refractivity contribution in [3.63, 3.8) is 0 Å². The van der Waals surface area contributed by atoms with Crippen LogP contribution in [0.1, 0.15) is 29.3 Å². The fraction of sp³-hybridized carbons (Fsp3) is 0.417. The van der Waals surface area contributed by atoms with Gasteiger partial charge in [0.05, 0.1) is 12.2 Å². The summed E-state index contributed by atoms with van der Waals surface area (Å²) < 4.78 is 5.47. The minimum Gasteiger partial charge on any atom is -0.493 e. The van der Waals surface area contributed by atoms with Gasteiger partial charge in [-0.2, -0.15) is 0 Å². The highest BCUT2D eigenvalue weighted by Crippen LogP contribution is 2.25. The molecule has 1 aliphatic heterocycles. The van der Waals surface area contributed by atoms with Gasteiger partial charge >= 0.3 is 0 Å². The van der Waals surface area contributed by atoms with E-state index in [1.807, 2.05) is 25.1 Å². The molecule has 0 radical (unpaired) electrons. The Hall–Kier alpha value is -1.51. The average molecular weight is 205 g/mol. The smallest absolute Gasteiger partial charge is 0.255 e. The molecule has 0 saturated carbocycles. The maximum atomic E-state index is 11.8. The van der Waals surface area contributed by atoms with Gasteiger partial charge < -0.3 is 10.1 Å². The highest BCUT2D eigenvalue weighted by Gasteiger charge is 2.19. The van der Waals surface area contributed by atoms with Crippen LogP contribution in [0.15, 0.2) is 18.2 Å². The molecule has 1 aliphatic rings. The Bertz CT molecular complexity index is 374. The van der Waals surface area contributed by atoms with E-state index in [0.717, 1.165) is 30.5 Å². The Kier molecular flexibility index (Phi) is 2.90. The fourth-order valence-corrected chi connectivity index (χ4v) is 1.89. The van der Waals surface area contributed by atoms with Crippen molar-refractivity contribution >= 4 is 5.91 Å². The van der Waals surface area contributed by atoms with Gasteiger partial charge in [-0.15, -0.1) is 0 Å². The largest absolute Gasteiger partial charge is 0.493 e. The minimum atomic E-state index is -0.00782. The number of carbonyl (C=O) groups excluding carboxylic acids is 1. The van der Waals surface area contributed by atoms with Crippen LogP contribution in [-0.4, -0.2) is 19.1 Å². The van der Waals surface area contributed by atoms with Crippen molar-refractivity contribution in [2.45, 2.75) is 19.8 Å². The molecular weight excluding hydrogens is 190 g/mol. The van der Waals surface area contributed by atoms with Crippen molar-refractivity contribution < 1.29 is 9.53 Å². The number of carbonyl (C=O) groups is 1. The number of amides is 1. The molecule has 1 heterocycles. The molecule has 0 fully saturated rings. The molecule has 3 nitrogen and oxygen atoms in total. The third-order valence-electron chi connectivity index (χ3n) is 2.55. The van der Waals surface area contributed by atoms with E-state index in [4.69, 9.17) is 4.74 Å². The summed E-state index contributed by atoms with van der Waals surface area (Å²) in [7, 11) is 0. The molecule has 0 aromatic heterocycles. The summed E-state index contributed by atoms with van der Waals surface area (Å²) in [5.41, 5.74) is 1.81. The van der Waals surface area contributed by atoms with Crippen molar-refractivity contribution in [2.24, 2.45) is 0 Å². The molecule has 3 heteroatoms. The molecule has 1 aromatic rings. The third-order valence-corrected chi connectivity index (χ3v) is 2.55. The van der Waals surface area contributed by atoms with E-state index in [1.54, 1.807) is 0 Å². The highest BCUT2D eigenvalue weighted by molar-refractivity contribution is 5.98. The molecule has 0 spiro atoms. The second kappa shape index (κ2) is 4.34. The first kappa shape index (κ1) is 10.0. The Balaban J connectivity index is 2.45. The summed E-state index contributed by atoms with van der Waals surface area (Å²) in [6, 6.07) is 5.80. The molecule has 0 saturated heterocycles. The van der Waals surface area contributed by atoms with E-state index < -0.39 is 0 Å². The van der Waals surface area contributed by atoms with Crippen LogP contribution in [0.3, 0.4) is 0 Å². The molecule has 0 bridgehead atoms. The summed E-state index contributed by atoms with van der Waals surface area (Å²) in [6.07, 6.45) is 1.93. The van der Waals surface area contributed by atoms with Gasteiger partial charge in [0.2, 0.25) is 0 Å². The highest BCUT2D eigenvalue weighted by atomic mass is 16.5. The van der Waals surface area contributed by atoms with Crippen LogP contribution in [0.5, 0.6) is 5.75 Å². The van der Waals surface area contributed by atoms with E-state index in [9.17, 15) is 4.79 Å². The van der Waals surface area contributed by atoms with Crippen LogP contribution in [-0.2, 0) is 6.42 Å². The number of hydrogen-bond acceptors (Lipinski definition) is 2. The van der Waals surface area contributed by atoms with Gasteiger partial charge in [-0.1, -0.05) is 12.1 Å². The Morgan fingerprint density at radius 2 is 2.33 bits per heavy atom. The first-order valence-electron chi connectivity index (χ1n) is 5.36. The van der Waals surface area contributed by atoms with Crippen molar-refractivity contribution in [3.8, 4) is 5.75 Å². The lowest BCUT2D eigenvalue weighted by Gasteiger charge is -2.11. The minimum absolute atomic E-state index is 0.00782. The lowest BCUT2D eigenvalue weighted by atomic mass is 10.0. The zero-order chi connectivity index (χ0) is 10.7. The zero-order valence-corrected chi connectivity index (χ0v) is 8.88. The normalized spacial score (nSPS) is 15.1. The SMILES string of the molecule is CCOc1cccc2c1C(=O)NCCC2. The molecule has 1 aromatic carbocycles. The zero-order valence-electron chi connectivity index (χ0n) is 8.88. The molecule has 0 atom stereocenters. The Labute approximate surface area is 89.4 Å². The number of ether oxygens (including phenoxy) is 1. The first-order valence-corrected chi connectivity index (χ1v) is 5.36.